The third kappa shape index (κ3) is 3.78. The van der Waals surface area contributed by atoms with Gasteiger partial charge in [0.15, 0.2) is 0 Å². The van der Waals surface area contributed by atoms with Crippen LogP contribution in [0.25, 0.3) is 5.57 Å². The lowest BCUT2D eigenvalue weighted by Crippen LogP contribution is -2.26. The maximum Gasteiger partial charge on any atom is 0.333 e. The van der Waals surface area contributed by atoms with Crippen LogP contribution in [0, 0.1) is 19.8 Å². The molecule has 0 saturated carbocycles. The molecule has 0 spiro atoms. The van der Waals surface area contributed by atoms with Crippen molar-refractivity contribution in [2.75, 3.05) is 6.61 Å². The molecule has 2 rings (SSSR count). The summed E-state index contributed by atoms with van der Waals surface area (Å²) in [7, 11) is 0. The van der Waals surface area contributed by atoms with Crippen LogP contribution >= 0.6 is 11.3 Å². The zero-order valence-corrected chi connectivity index (χ0v) is 15.5. The van der Waals surface area contributed by atoms with Crippen LogP contribution in [0.3, 0.4) is 0 Å². The number of aryl methyl sites for hydroxylation is 2. The van der Waals surface area contributed by atoms with E-state index < -0.39 is 17.9 Å². The monoisotopic (exact) mass is 348 g/mol. The molecule has 1 atom stereocenters. The second-order valence-corrected chi connectivity index (χ2v) is 7.49. The summed E-state index contributed by atoms with van der Waals surface area (Å²) in [6.45, 7) is 7.74. The van der Waals surface area contributed by atoms with E-state index >= 15 is 0 Å². The minimum Gasteiger partial charge on any atom is -0.478 e. The molecular formula is C19H24O4S. The highest BCUT2D eigenvalue weighted by molar-refractivity contribution is 7.12. The fourth-order valence-electron chi connectivity index (χ4n) is 3.29. The van der Waals surface area contributed by atoms with Gasteiger partial charge in [-0.3, -0.25) is 4.79 Å². The van der Waals surface area contributed by atoms with E-state index in [1.54, 1.807) is 25.2 Å². The van der Waals surface area contributed by atoms with Gasteiger partial charge in [0, 0.05) is 9.75 Å². The van der Waals surface area contributed by atoms with Gasteiger partial charge in [0.05, 0.1) is 12.2 Å². The van der Waals surface area contributed by atoms with Crippen LogP contribution in [0.5, 0.6) is 0 Å². The van der Waals surface area contributed by atoms with Crippen LogP contribution in [0.15, 0.2) is 23.3 Å². The smallest absolute Gasteiger partial charge is 0.333 e. The van der Waals surface area contributed by atoms with Gasteiger partial charge in [0.25, 0.3) is 0 Å². The number of carboxylic acids is 1. The molecule has 0 saturated heterocycles. The first-order chi connectivity index (χ1) is 11.4. The summed E-state index contributed by atoms with van der Waals surface area (Å²) in [4.78, 5) is 26.8. The Labute approximate surface area is 146 Å². The predicted octanol–water partition coefficient (Wildman–Crippen LogP) is 4.51. The van der Waals surface area contributed by atoms with E-state index in [1.807, 2.05) is 26.0 Å². The summed E-state index contributed by atoms with van der Waals surface area (Å²) in [5.74, 6) is -2.34. The van der Waals surface area contributed by atoms with Crippen molar-refractivity contribution in [1.29, 1.82) is 0 Å². The number of carboxylic acid groups (broad SMARTS) is 1. The largest absolute Gasteiger partial charge is 0.478 e. The fraction of sp³-hybridized carbons (Fsp3) is 0.474. The number of esters is 1. The van der Waals surface area contributed by atoms with Gasteiger partial charge in [0.1, 0.15) is 5.92 Å². The Balaban J connectivity index is 2.60. The normalized spacial score (nSPS) is 16.4. The SMILES string of the molecule is CCOC(=O)C(C1=CCCC1)/C(C(=O)O)=C(\C)c1cc(C)sc1C. The molecule has 1 unspecified atom stereocenters. The van der Waals surface area contributed by atoms with Gasteiger partial charge in [-0.25, -0.2) is 4.79 Å². The Morgan fingerprint density at radius 3 is 2.54 bits per heavy atom. The lowest BCUT2D eigenvalue weighted by atomic mass is 9.85. The Hall–Kier alpha value is -1.88. The molecule has 0 amide bonds. The summed E-state index contributed by atoms with van der Waals surface area (Å²) in [5.41, 5.74) is 2.57. The van der Waals surface area contributed by atoms with E-state index in [0.717, 1.165) is 40.2 Å². The lowest BCUT2D eigenvalue weighted by molar-refractivity contribution is -0.147. The number of carbonyl (C=O) groups excluding carboxylic acids is 1. The summed E-state index contributed by atoms with van der Waals surface area (Å²) in [6.07, 6.45) is 4.57. The standard InChI is InChI=1S/C19H24O4S/c1-5-23-19(22)17(14-8-6-7-9-14)16(18(20)21)12(3)15-10-11(2)24-13(15)4/h8,10,17H,5-7,9H2,1-4H3,(H,20,21)/b16-12-. The molecule has 5 heteroatoms. The zero-order chi connectivity index (χ0) is 17.9. The molecule has 24 heavy (non-hydrogen) atoms. The highest BCUT2D eigenvalue weighted by atomic mass is 32.1. The van der Waals surface area contributed by atoms with Gasteiger partial charge >= 0.3 is 11.9 Å². The number of thiophene rings is 1. The van der Waals surface area contributed by atoms with Crippen molar-refractivity contribution in [3.8, 4) is 0 Å². The summed E-state index contributed by atoms with van der Waals surface area (Å²) in [6, 6.07) is 1.99. The first kappa shape index (κ1) is 18.5. The molecule has 0 aliphatic heterocycles. The van der Waals surface area contributed by atoms with Crippen molar-refractivity contribution in [2.45, 2.75) is 47.0 Å². The second kappa shape index (κ2) is 7.79. The highest BCUT2D eigenvalue weighted by Crippen LogP contribution is 2.37. The minimum atomic E-state index is -1.05. The van der Waals surface area contributed by atoms with Gasteiger partial charge < -0.3 is 9.84 Å². The van der Waals surface area contributed by atoms with Crippen molar-refractivity contribution in [1.82, 2.24) is 0 Å². The van der Waals surface area contributed by atoms with Crippen molar-refractivity contribution in [2.24, 2.45) is 5.92 Å². The Bertz CT molecular complexity index is 709. The topological polar surface area (TPSA) is 63.6 Å². The average Bonchev–Trinajstić information content (AvgIpc) is 3.13. The van der Waals surface area contributed by atoms with Gasteiger partial charge in [0.2, 0.25) is 0 Å². The number of ether oxygens (including phenoxy) is 1. The summed E-state index contributed by atoms with van der Waals surface area (Å²) < 4.78 is 5.19. The third-order valence-electron chi connectivity index (χ3n) is 4.34. The van der Waals surface area contributed by atoms with E-state index in [-0.39, 0.29) is 12.2 Å². The summed E-state index contributed by atoms with van der Waals surface area (Å²) >= 11 is 1.63. The average molecular weight is 348 g/mol. The van der Waals surface area contributed by atoms with Crippen LogP contribution in [0.2, 0.25) is 0 Å². The van der Waals surface area contributed by atoms with Crippen LogP contribution in [0.4, 0.5) is 0 Å². The predicted molar refractivity (Wildman–Crippen MR) is 96.1 cm³/mol. The molecule has 0 aromatic carbocycles. The van der Waals surface area contributed by atoms with Crippen molar-refractivity contribution >= 4 is 28.8 Å². The van der Waals surface area contributed by atoms with Crippen molar-refractivity contribution < 1.29 is 19.4 Å². The molecule has 1 aliphatic carbocycles. The number of rotatable bonds is 6. The molecule has 0 bridgehead atoms. The Morgan fingerprint density at radius 2 is 2.08 bits per heavy atom. The third-order valence-corrected chi connectivity index (χ3v) is 5.30. The van der Waals surface area contributed by atoms with Gasteiger partial charge in [-0.2, -0.15) is 0 Å². The van der Waals surface area contributed by atoms with Crippen LogP contribution in [0.1, 0.15) is 48.4 Å². The molecule has 1 aromatic heterocycles. The number of carbonyl (C=O) groups is 2. The Kier molecular flexibility index (Phi) is 5.99. The highest BCUT2D eigenvalue weighted by Gasteiger charge is 2.35. The number of aliphatic carboxylic acids is 1. The van der Waals surface area contributed by atoms with Crippen molar-refractivity contribution in [3.05, 3.63) is 38.6 Å². The first-order valence-corrected chi connectivity index (χ1v) is 9.05. The zero-order valence-electron chi connectivity index (χ0n) is 14.6. The molecule has 1 aromatic rings. The van der Waals surface area contributed by atoms with E-state index in [0.29, 0.717) is 5.57 Å². The Morgan fingerprint density at radius 1 is 1.38 bits per heavy atom. The maximum absolute atomic E-state index is 12.5. The molecule has 1 heterocycles. The minimum absolute atomic E-state index is 0.141. The maximum atomic E-state index is 12.5. The molecular weight excluding hydrogens is 324 g/mol. The molecule has 1 N–H and O–H groups in total. The first-order valence-electron chi connectivity index (χ1n) is 8.23. The fourth-order valence-corrected chi connectivity index (χ4v) is 4.27. The molecule has 1 aliphatic rings. The lowest BCUT2D eigenvalue weighted by Gasteiger charge is -2.20. The van der Waals surface area contributed by atoms with Crippen LogP contribution < -0.4 is 0 Å². The van der Waals surface area contributed by atoms with Gasteiger partial charge in [-0.05, 0) is 64.2 Å². The van der Waals surface area contributed by atoms with Gasteiger partial charge in [-0.1, -0.05) is 11.6 Å². The van der Waals surface area contributed by atoms with Crippen molar-refractivity contribution in [3.63, 3.8) is 0 Å². The van der Waals surface area contributed by atoms with E-state index in [1.165, 1.54) is 0 Å². The molecule has 0 radical (unpaired) electrons. The van der Waals surface area contributed by atoms with E-state index in [9.17, 15) is 14.7 Å². The van der Waals surface area contributed by atoms with Crippen LogP contribution in [-0.4, -0.2) is 23.7 Å². The number of allylic oxidation sites excluding steroid dienone is 2. The number of hydrogen-bond donors (Lipinski definition) is 1. The second-order valence-electron chi connectivity index (χ2n) is 6.03. The molecule has 0 fully saturated rings. The molecule has 130 valence electrons. The number of hydrogen-bond acceptors (Lipinski definition) is 4. The van der Waals surface area contributed by atoms with E-state index in [2.05, 4.69) is 0 Å². The summed E-state index contributed by atoms with van der Waals surface area (Å²) in [5, 5.41) is 9.86. The molecule has 4 nitrogen and oxygen atoms in total. The van der Waals surface area contributed by atoms with E-state index in [4.69, 9.17) is 4.74 Å². The van der Waals surface area contributed by atoms with Gasteiger partial charge in [-0.15, -0.1) is 11.3 Å². The quantitative estimate of drug-likeness (QED) is 0.467. The van der Waals surface area contributed by atoms with Crippen LogP contribution in [-0.2, 0) is 14.3 Å².